The van der Waals surface area contributed by atoms with E-state index in [1.54, 1.807) is 26.4 Å². The number of carbonyl (C=O) groups is 1. The number of ether oxygens (including phenoxy) is 3. The van der Waals surface area contributed by atoms with E-state index in [1.807, 2.05) is 31.2 Å². The standard InChI is InChI=1S/C27H36F2N2O4/c1-6-13-31(14-7-2)15-12-26(32)30-22-16-20(10-11-23(22)35-27(28)29)8-9-21-17-24(33-4)19(3)25(18-21)34-5/h8-11,16-18,27H,6-7,12-15H2,1-5H3,(H,30,32)/b9-8-. The van der Waals surface area contributed by atoms with E-state index in [0.717, 1.165) is 37.1 Å². The van der Waals surface area contributed by atoms with Crippen molar-refractivity contribution in [1.29, 1.82) is 0 Å². The SMILES string of the molecule is CCCN(CCC)CCC(=O)Nc1cc(/C=C\c2cc(OC)c(C)c(OC)c2)ccc1OC(F)F. The van der Waals surface area contributed by atoms with Gasteiger partial charge in [0.25, 0.3) is 0 Å². The van der Waals surface area contributed by atoms with Gasteiger partial charge in [-0.3, -0.25) is 4.79 Å². The Kier molecular flexibility index (Phi) is 11.5. The largest absolute Gasteiger partial charge is 0.496 e. The fraction of sp³-hybridized carbons (Fsp3) is 0.444. The second-order valence-electron chi connectivity index (χ2n) is 8.16. The molecule has 0 bridgehead atoms. The second-order valence-corrected chi connectivity index (χ2v) is 8.16. The number of benzene rings is 2. The van der Waals surface area contributed by atoms with Crippen LogP contribution in [0.3, 0.4) is 0 Å². The van der Waals surface area contributed by atoms with Crippen molar-refractivity contribution in [2.24, 2.45) is 0 Å². The number of hydrogen-bond donors (Lipinski definition) is 1. The maximum Gasteiger partial charge on any atom is 0.387 e. The normalized spacial score (nSPS) is 11.3. The fourth-order valence-corrected chi connectivity index (χ4v) is 3.78. The van der Waals surface area contributed by atoms with Crippen LogP contribution in [0.4, 0.5) is 14.5 Å². The summed E-state index contributed by atoms with van der Waals surface area (Å²) in [6, 6.07) is 8.45. The number of anilines is 1. The molecule has 1 N–H and O–H groups in total. The molecule has 35 heavy (non-hydrogen) atoms. The Labute approximate surface area is 206 Å². The number of nitrogens with one attached hydrogen (secondary N) is 1. The predicted molar refractivity (Wildman–Crippen MR) is 137 cm³/mol. The molecule has 0 aromatic heterocycles. The molecule has 0 aliphatic heterocycles. The topological polar surface area (TPSA) is 60.0 Å². The van der Waals surface area contributed by atoms with Crippen molar-refractivity contribution < 1.29 is 27.8 Å². The molecular formula is C27H36F2N2O4. The first-order valence-corrected chi connectivity index (χ1v) is 11.8. The Morgan fingerprint density at radius 3 is 2.09 bits per heavy atom. The van der Waals surface area contributed by atoms with E-state index in [1.165, 1.54) is 6.07 Å². The van der Waals surface area contributed by atoms with E-state index in [2.05, 4.69) is 28.8 Å². The molecule has 2 aromatic carbocycles. The average Bonchev–Trinajstić information content (AvgIpc) is 2.83. The van der Waals surface area contributed by atoms with Gasteiger partial charge in [-0.15, -0.1) is 0 Å². The van der Waals surface area contributed by atoms with Crippen molar-refractivity contribution in [3.63, 3.8) is 0 Å². The zero-order valence-corrected chi connectivity index (χ0v) is 21.2. The summed E-state index contributed by atoms with van der Waals surface area (Å²) in [7, 11) is 3.19. The lowest BCUT2D eigenvalue weighted by molar-refractivity contribution is -0.116. The summed E-state index contributed by atoms with van der Waals surface area (Å²) >= 11 is 0. The number of rotatable bonds is 14. The minimum atomic E-state index is -3.00. The lowest BCUT2D eigenvalue weighted by Crippen LogP contribution is -2.29. The van der Waals surface area contributed by atoms with Crippen LogP contribution in [0.5, 0.6) is 17.2 Å². The molecule has 0 saturated heterocycles. The van der Waals surface area contributed by atoms with E-state index in [4.69, 9.17) is 9.47 Å². The Morgan fingerprint density at radius 1 is 0.943 bits per heavy atom. The molecule has 0 heterocycles. The summed E-state index contributed by atoms with van der Waals surface area (Å²) in [6.07, 6.45) is 5.93. The molecule has 0 saturated carbocycles. The average molecular weight is 491 g/mol. The van der Waals surface area contributed by atoms with Crippen LogP contribution in [0.2, 0.25) is 0 Å². The van der Waals surface area contributed by atoms with Gasteiger partial charge in [-0.2, -0.15) is 8.78 Å². The summed E-state index contributed by atoms with van der Waals surface area (Å²) < 4.78 is 41.3. The van der Waals surface area contributed by atoms with Gasteiger partial charge in [-0.1, -0.05) is 32.1 Å². The third kappa shape index (κ3) is 8.87. The van der Waals surface area contributed by atoms with Gasteiger partial charge in [0, 0.05) is 18.5 Å². The molecule has 0 unspecified atom stereocenters. The highest BCUT2D eigenvalue weighted by molar-refractivity contribution is 5.93. The summed E-state index contributed by atoms with van der Waals surface area (Å²) in [5.41, 5.74) is 2.64. The first-order chi connectivity index (χ1) is 16.8. The molecule has 2 aromatic rings. The van der Waals surface area contributed by atoms with Crippen LogP contribution >= 0.6 is 0 Å². The third-order valence-electron chi connectivity index (χ3n) is 5.47. The summed E-state index contributed by atoms with van der Waals surface area (Å²) in [5.74, 6) is 1.05. The van der Waals surface area contributed by atoms with Crippen LogP contribution in [0.25, 0.3) is 12.2 Å². The molecule has 1 amide bonds. The van der Waals surface area contributed by atoms with Gasteiger partial charge in [0.1, 0.15) is 17.2 Å². The number of alkyl halides is 2. The van der Waals surface area contributed by atoms with Crippen LogP contribution < -0.4 is 19.5 Å². The molecule has 192 valence electrons. The van der Waals surface area contributed by atoms with Gasteiger partial charge in [0.15, 0.2) is 0 Å². The van der Waals surface area contributed by atoms with Crippen LogP contribution in [-0.2, 0) is 4.79 Å². The predicted octanol–water partition coefficient (Wildman–Crippen LogP) is 6.23. The number of amides is 1. The molecule has 0 atom stereocenters. The summed E-state index contributed by atoms with van der Waals surface area (Å²) in [5, 5.41) is 2.74. The molecule has 2 rings (SSSR count). The monoisotopic (exact) mass is 490 g/mol. The number of halogens is 2. The van der Waals surface area contributed by atoms with E-state index in [9.17, 15) is 13.6 Å². The van der Waals surface area contributed by atoms with Crippen LogP contribution in [0.15, 0.2) is 30.3 Å². The molecule has 0 radical (unpaired) electrons. The van der Waals surface area contributed by atoms with Crippen molar-refractivity contribution in [3.8, 4) is 17.2 Å². The van der Waals surface area contributed by atoms with Gasteiger partial charge in [0.05, 0.1) is 19.9 Å². The first kappa shape index (κ1) is 28.1. The highest BCUT2D eigenvalue weighted by atomic mass is 19.3. The zero-order chi connectivity index (χ0) is 25.8. The molecular weight excluding hydrogens is 454 g/mol. The lowest BCUT2D eigenvalue weighted by Gasteiger charge is -2.20. The van der Waals surface area contributed by atoms with Gasteiger partial charge < -0.3 is 24.4 Å². The van der Waals surface area contributed by atoms with Crippen molar-refractivity contribution >= 4 is 23.7 Å². The lowest BCUT2D eigenvalue weighted by atomic mass is 10.1. The Balaban J connectivity index is 2.22. The minimum Gasteiger partial charge on any atom is -0.496 e. The Bertz CT molecular complexity index is 964. The maximum absolute atomic E-state index is 12.9. The van der Waals surface area contributed by atoms with Crippen molar-refractivity contribution in [3.05, 3.63) is 47.0 Å². The number of carbonyl (C=O) groups excluding carboxylic acids is 1. The van der Waals surface area contributed by atoms with Crippen LogP contribution in [0.1, 0.15) is 49.8 Å². The zero-order valence-electron chi connectivity index (χ0n) is 21.2. The van der Waals surface area contributed by atoms with Crippen LogP contribution in [0, 0.1) is 6.92 Å². The second kappa shape index (κ2) is 14.3. The van der Waals surface area contributed by atoms with E-state index < -0.39 is 6.61 Å². The van der Waals surface area contributed by atoms with Gasteiger partial charge >= 0.3 is 6.61 Å². The summed E-state index contributed by atoms with van der Waals surface area (Å²) in [6.45, 7) is 5.53. The smallest absolute Gasteiger partial charge is 0.387 e. The molecule has 0 aliphatic rings. The van der Waals surface area contributed by atoms with Crippen LogP contribution in [-0.4, -0.2) is 51.3 Å². The van der Waals surface area contributed by atoms with E-state index >= 15 is 0 Å². The van der Waals surface area contributed by atoms with E-state index in [-0.39, 0.29) is 23.8 Å². The fourth-order valence-electron chi connectivity index (χ4n) is 3.78. The maximum atomic E-state index is 12.9. The molecule has 8 heteroatoms. The van der Waals surface area contributed by atoms with Gasteiger partial charge in [0.2, 0.25) is 5.91 Å². The van der Waals surface area contributed by atoms with Crippen molar-refractivity contribution in [2.75, 3.05) is 39.2 Å². The highest BCUT2D eigenvalue weighted by Crippen LogP contribution is 2.31. The molecule has 6 nitrogen and oxygen atoms in total. The quantitative estimate of drug-likeness (QED) is 0.318. The molecule has 0 spiro atoms. The minimum absolute atomic E-state index is 0.0804. The van der Waals surface area contributed by atoms with Gasteiger partial charge in [-0.25, -0.2) is 0 Å². The van der Waals surface area contributed by atoms with E-state index in [0.29, 0.717) is 23.6 Å². The molecule has 0 aliphatic carbocycles. The number of nitrogens with zero attached hydrogens (tertiary/aromatic N) is 1. The Hall–Kier alpha value is -3.13. The first-order valence-electron chi connectivity index (χ1n) is 11.8. The molecule has 0 fully saturated rings. The van der Waals surface area contributed by atoms with Crippen molar-refractivity contribution in [2.45, 2.75) is 46.6 Å². The summed E-state index contributed by atoms with van der Waals surface area (Å²) in [4.78, 5) is 14.8. The number of hydrogen-bond acceptors (Lipinski definition) is 5. The Morgan fingerprint density at radius 2 is 1.54 bits per heavy atom. The van der Waals surface area contributed by atoms with Crippen molar-refractivity contribution in [1.82, 2.24) is 4.90 Å². The third-order valence-corrected chi connectivity index (χ3v) is 5.47. The highest BCUT2D eigenvalue weighted by Gasteiger charge is 2.14. The van der Waals surface area contributed by atoms with Gasteiger partial charge in [-0.05, 0) is 68.2 Å². The number of methoxy groups -OCH3 is 2.